The van der Waals surface area contributed by atoms with E-state index < -0.39 is 0 Å². The molecular formula is C13H17N3O2. The first-order valence-electron chi connectivity index (χ1n) is 6.22. The monoisotopic (exact) mass is 247 g/mol. The van der Waals surface area contributed by atoms with E-state index in [0.717, 1.165) is 24.4 Å². The largest absolute Gasteiger partial charge is 0.491 e. The number of para-hydroxylation sites is 1. The van der Waals surface area contributed by atoms with Crippen LogP contribution in [0.4, 0.5) is 0 Å². The van der Waals surface area contributed by atoms with E-state index in [9.17, 15) is 0 Å². The molecule has 3 rings (SSSR count). The number of ether oxygens (including phenoxy) is 2. The van der Waals surface area contributed by atoms with Gasteiger partial charge in [-0.15, -0.1) is 0 Å². The highest BCUT2D eigenvalue weighted by molar-refractivity contribution is 5.78. The molecule has 1 atom stereocenters. The fourth-order valence-electron chi connectivity index (χ4n) is 2.29. The quantitative estimate of drug-likeness (QED) is 0.588. The van der Waals surface area contributed by atoms with E-state index in [-0.39, 0.29) is 6.04 Å². The Balaban J connectivity index is 1.76. The lowest BCUT2D eigenvalue weighted by Crippen LogP contribution is -2.45. The van der Waals surface area contributed by atoms with Gasteiger partial charge >= 0.3 is 0 Å². The van der Waals surface area contributed by atoms with E-state index in [0.29, 0.717) is 25.8 Å². The van der Waals surface area contributed by atoms with Crippen LogP contribution in [-0.4, -0.2) is 43.8 Å². The Bertz CT molecular complexity index is 455. The molecule has 0 aromatic heterocycles. The van der Waals surface area contributed by atoms with Crippen molar-refractivity contribution in [2.45, 2.75) is 6.04 Å². The molecule has 18 heavy (non-hydrogen) atoms. The molecule has 1 aromatic rings. The number of hydrogen-bond donors (Lipinski definition) is 1. The number of fused-ring (bicyclic) bond motifs is 1. The molecule has 0 saturated carbocycles. The van der Waals surface area contributed by atoms with Gasteiger partial charge in [0, 0.05) is 18.7 Å². The zero-order chi connectivity index (χ0) is 12.4. The number of guanidine groups is 1. The third kappa shape index (κ3) is 2.13. The molecule has 5 heteroatoms. The van der Waals surface area contributed by atoms with E-state index in [4.69, 9.17) is 15.2 Å². The van der Waals surface area contributed by atoms with Crippen LogP contribution in [0.2, 0.25) is 0 Å². The normalized spacial score (nSPS) is 23.7. The van der Waals surface area contributed by atoms with Crippen molar-refractivity contribution in [3.05, 3.63) is 29.8 Å². The highest BCUT2D eigenvalue weighted by Gasteiger charge is 2.24. The number of nitrogens with two attached hydrogens (primary N) is 1. The fourth-order valence-corrected chi connectivity index (χ4v) is 2.29. The first-order chi connectivity index (χ1) is 8.84. The first kappa shape index (κ1) is 11.3. The third-order valence-electron chi connectivity index (χ3n) is 3.30. The van der Waals surface area contributed by atoms with Crippen LogP contribution in [0.5, 0.6) is 5.75 Å². The predicted molar refractivity (Wildman–Crippen MR) is 68.7 cm³/mol. The Morgan fingerprint density at radius 2 is 2.06 bits per heavy atom. The van der Waals surface area contributed by atoms with Crippen LogP contribution in [0.1, 0.15) is 11.6 Å². The van der Waals surface area contributed by atoms with E-state index >= 15 is 0 Å². The Hall–Kier alpha value is -1.75. The zero-order valence-corrected chi connectivity index (χ0v) is 10.2. The van der Waals surface area contributed by atoms with Crippen LogP contribution in [0.15, 0.2) is 29.3 Å². The highest BCUT2D eigenvalue weighted by atomic mass is 16.5. The van der Waals surface area contributed by atoms with Gasteiger partial charge in [0.1, 0.15) is 18.4 Å². The van der Waals surface area contributed by atoms with Gasteiger partial charge in [0.2, 0.25) is 0 Å². The summed E-state index contributed by atoms with van der Waals surface area (Å²) in [7, 11) is 0. The van der Waals surface area contributed by atoms with Crippen LogP contribution >= 0.6 is 0 Å². The summed E-state index contributed by atoms with van der Waals surface area (Å²) in [4.78, 5) is 6.64. The van der Waals surface area contributed by atoms with Crippen LogP contribution in [0, 0.1) is 0 Å². The minimum atomic E-state index is 0.0176. The van der Waals surface area contributed by atoms with Crippen molar-refractivity contribution in [1.82, 2.24) is 4.90 Å². The lowest BCUT2D eigenvalue weighted by atomic mass is 10.1. The molecule has 0 amide bonds. The summed E-state index contributed by atoms with van der Waals surface area (Å²) >= 11 is 0. The average Bonchev–Trinajstić information content (AvgIpc) is 2.83. The summed E-state index contributed by atoms with van der Waals surface area (Å²) in [5, 5.41) is 0. The van der Waals surface area contributed by atoms with Crippen molar-refractivity contribution < 1.29 is 9.47 Å². The van der Waals surface area contributed by atoms with Crippen molar-refractivity contribution >= 4 is 5.96 Å². The Labute approximate surface area is 106 Å². The molecule has 1 saturated heterocycles. The topological polar surface area (TPSA) is 60.1 Å². The van der Waals surface area contributed by atoms with E-state index in [1.165, 1.54) is 0 Å². The predicted octanol–water partition coefficient (Wildman–Crippen LogP) is 0.767. The molecule has 0 radical (unpaired) electrons. The third-order valence-corrected chi connectivity index (χ3v) is 3.30. The van der Waals surface area contributed by atoms with Gasteiger partial charge in [-0.25, -0.2) is 4.99 Å². The maximum absolute atomic E-state index is 6.05. The highest BCUT2D eigenvalue weighted by Crippen LogP contribution is 2.34. The molecule has 0 spiro atoms. The Morgan fingerprint density at radius 1 is 1.28 bits per heavy atom. The SMILES string of the molecule is NC(=NC1COc2ccccc21)N1CCOCC1. The molecule has 1 aromatic carbocycles. The molecule has 2 aliphatic heterocycles. The molecule has 0 bridgehead atoms. The summed E-state index contributed by atoms with van der Waals surface area (Å²) in [6.45, 7) is 3.63. The van der Waals surface area contributed by atoms with Gasteiger partial charge in [-0.05, 0) is 6.07 Å². The second kappa shape index (κ2) is 4.86. The molecule has 5 nitrogen and oxygen atoms in total. The van der Waals surface area contributed by atoms with Gasteiger partial charge < -0.3 is 20.1 Å². The van der Waals surface area contributed by atoms with Crippen molar-refractivity contribution in [2.75, 3.05) is 32.9 Å². The average molecular weight is 247 g/mol. The Morgan fingerprint density at radius 3 is 2.89 bits per heavy atom. The number of rotatable bonds is 1. The van der Waals surface area contributed by atoms with Gasteiger partial charge in [0.05, 0.1) is 13.2 Å². The number of hydrogen-bond acceptors (Lipinski definition) is 3. The summed E-state index contributed by atoms with van der Waals surface area (Å²) in [6.07, 6.45) is 0. The number of benzene rings is 1. The summed E-state index contributed by atoms with van der Waals surface area (Å²) in [5.74, 6) is 1.50. The van der Waals surface area contributed by atoms with Gasteiger partial charge in [-0.2, -0.15) is 0 Å². The van der Waals surface area contributed by atoms with Crippen LogP contribution < -0.4 is 10.5 Å². The van der Waals surface area contributed by atoms with Gasteiger partial charge in [0.25, 0.3) is 0 Å². The molecule has 2 heterocycles. The van der Waals surface area contributed by atoms with Crippen molar-refractivity contribution in [1.29, 1.82) is 0 Å². The van der Waals surface area contributed by atoms with Gasteiger partial charge in [-0.1, -0.05) is 18.2 Å². The maximum Gasteiger partial charge on any atom is 0.192 e. The lowest BCUT2D eigenvalue weighted by Gasteiger charge is -2.28. The van der Waals surface area contributed by atoms with Crippen LogP contribution in [0.3, 0.4) is 0 Å². The van der Waals surface area contributed by atoms with Crippen molar-refractivity contribution in [3.63, 3.8) is 0 Å². The molecule has 1 fully saturated rings. The minimum absolute atomic E-state index is 0.0176. The molecule has 2 aliphatic rings. The molecule has 96 valence electrons. The maximum atomic E-state index is 6.05. The number of nitrogens with zero attached hydrogens (tertiary/aromatic N) is 2. The summed E-state index contributed by atoms with van der Waals surface area (Å²) in [6, 6.07) is 8.00. The first-order valence-corrected chi connectivity index (χ1v) is 6.22. The summed E-state index contributed by atoms with van der Waals surface area (Å²) < 4.78 is 10.9. The van der Waals surface area contributed by atoms with E-state index in [1.54, 1.807) is 0 Å². The van der Waals surface area contributed by atoms with Crippen LogP contribution in [0.25, 0.3) is 0 Å². The second-order valence-corrected chi connectivity index (χ2v) is 4.45. The van der Waals surface area contributed by atoms with E-state index in [2.05, 4.69) is 9.89 Å². The smallest absolute Gasteiger partial charge is 0.192 e. The Kier molecular flexibility index (Phi) is 3.06. The number of aliphatic imine (C=N–C) groups is 1. The van der Waals surface area contributed by atoms with Gasteiger partial charge in [0.15, 0.2) is 5.96 Å². The molecule has 2 N–H and O–H groups in total. The van der Waals surface area contributed by atoms with Crippen LogP contribution in [-0.2, 0) is 4.74 Å². The van der Waals surface area contributed by atoms with Crippen molar-refractivity contribution in [3.8, 4) is 5.75 Å². The molecule has 1 unspecified atom stereocenters. The molecule has 0 aliphatic carbocycles. The standard InChI is InChI=1S/C13H17N3O2/c14-13(16-5-7-17-8-6-16)15-11-9-18-12-4-2-1-3-10(11)12/h1-4,11H,5-9H2,(H2,14,15). The van der Waals surface area contributed by atoms with Gasteiger partial charge in [-0.3, -0.25) is 0 Å². The second-order valence-electron chi connectivity index (χ2n) is 4.45. The lowest BCUT2D eigenvalue weighted by molar-refractivity contribution is 0.0673. The fraction of sp³-hybridized carbons (Fsp3) is 0.462. The summed E-state index contributed by atoms with van der Waals surface area (Å²) in [5.41, 5.74) is 7.17. The van der Waals surface area contributed by atoms with Crippen molar-refractivity contribution in [2.24, 2.45) is 10.7 Å². The van der Waals surface area contributed by atoms with E-state index in [1.807, 2.05) is 24.3 Å². The zero-order valence-electron chi connectivity index (χ0n) is 10.2. The minimum Gasteiger partial charge on any atom is -0.491 e. The molecular weight excluding hydrogens is 230 g/mol. The number of morpholine rings is 1.